The molecule has 14 nitrogen and oxygen atoms in total. The molecule has 4 aromatic rings. The van der Waals surface area contributed by atoms with Crippen molar-refractivity contribution in [3.63, 3.8) is 0 Å². The van der Waals surface area contributed by atoms with Gasteiger partial charge in [-0.3, -0.25) is 14.8 Å². The number of aromatic nitrogens is 6. The van der Waals surface area contributed by atoms with Crippen LogP contribution in [-0.4, -0.2) is 85.7 Å². The van der Waals surface area contributed by atoms with Gasteiger partial charge in [0.1, 0.15) is 29.5 Å². The van der Waals surface area contributed by atoms with Gasteiger partial charge >= 0.3 is 12.3 Å². The van der Waals surface area contributed by atoms with E-state index in [0.29, 0.717) is 23.5 Å². The summed E-state index contributed by atoms with van der Waals surface area (Å²) in [5.74, 6) is -1.67. The first kappa shape index (κ1) is 30.4. The highest BCUT2D eigenvalue weighted by Gasteiger charge is 2.41. The Kier molecular flexibility index (Phi) is 9.08. The van der Waals surface area contributed by atoms with Gasteiger partial charge in [-0.15, -0.1) is 13.2 Å². The Bertz CT molecular complexity index is 1640. The van der Waals surface area contributed by atoms with Crippen LogP contribution in [0, 0.1) is 6.92 Å². The number of benzene rings is 1. The van der Waals surface area contributed by atoms with Crippen molar-refractivity contribution < 1.29 is 36.2 Å². The number of carboxylic acid groups (broad SMARTS) is 1. The summed E-state index contributed by atoms with van der Waals surface area (Å²) < 4.78 is 67.6. The lowest BCUT2D eigenvalue weighted by molar-refractivity contribution is -0.274. The molecule has 0 spiro atoms. The van der Waals surface area contributed by atoms with Crippen LogP contribution in [0.2, 0.25) is 0 Å². The monoisotopic (exact) mass is 607 g/mol. The van der Waals surface area contributed by atoms with Crippen molar-refractivity contribution >= 4 is 33.0 Å². The lowest BCUT2D eigenvalue weighted by Gasteiger charge is -2.38. The second-order valence-electron chi connectivity index (χ2n) is 8.75. The lowest BCUT2D eigenvalue weighted by atomic mass is 10.2. The molecule has 1 aromatic carbocycles. The standard InChI is InChI=1S/C18H15F3N6O5S.C6H9N3/c19-18(20,21)32-11-1-3-12(4-2-11)33(30,31)27-6-5-26(9-14(27)17(28)29)15-8-23-13-7-22-10-24-16(13)25-15;1-5-3-9-6(2-7)4-8-5/h1-4,7-8,10,14H,5-6,9H2,(H,28,29);3-4H,2,7H2,1H3/t14-;/m1./s1. The van der Waals surface area contributed by atoms with Gasteiger partial charge in [-0.2, -0.15) is 4.31 Å². The van der Waals surface area contributed by atoms with Crippen LogP contribution < -0.4 is 15.4 Å². The quantitative estimate of drug-likeness (QED) is 0.321. The summed E-state index contributed by atoms with van der Waals surface area (Å²) in [5.41, 5.74) is 7.79. The molecule has 18 heteroatoms. The van der Waals surface area contributed by atoms with E-state index in [0.717, 1.165) is 40.0 Å². The second-order valence-corrected chi connectivity index (χ2v) is 10.6. The average molecular weight is 608 g/mol. The van der Waals surface area contributed by atoms with Crippen LogP contribution in [0.15, 0.2) is 60.3 Å². The summed E-state index contributed by atoms with van der Waals surface area (Å²) >= 11 is 0. The molecule has 0 saturated carbocycles. The van der Waals surface area contributed by atoms with Crippen LogP contribution in [0.5, 0.6) is 5.75 Å². The van der Waals surface area contributed by atoms with E-state index in [2.05, 4.69) is 34.6 Å². The molecule has 0 radical (unpaired) electrons. The van der Waals surface area contributed by atoms with Crippen LogP contribution in [0.25, 0.3) is 11.2 Å². The number of aliphatic carboxylic acids is 1. The molecule has 5 rings (SSSR count). The predicted octanol–water partition coefficient (Wildman–Crippen LogP) is 1.53. The van der Waals surface area contributed by atoms with E-state index >= 15 is 0 Å². The molecule has 3 N–H and O–H groups in total. The van der Waals surface area contributed by atoms with E-state index in [1.165, 1.54) is 18.7 Å². The van der Waals surface area contributed by atoms with Crippen molar-refractivity contribution in [3.8, 4) is 5.75 Å². The third-order valence-corrected chi connectivity index (χ3v) is 7.78. The largest absolute Gasteiger partial charge is 0.573 e. The molecule has 1 saturated heterocycles. The Morgan fingerprint density at radius 1 is 1.07 bits per heavy atom. The van der Waals surface area contributed by atoms with Gasteiger partial charge in [0.2, 0.25) is 10.0 Å². The number of anilines is 1. The lowest BCUT2D eigenvalue weighted by Crippen LogP contribution is -2.58. The summed E-state index contributed by atoms with van der Waals surface area (Å²) in [5, 5.41) is 9.69. The fraction of sp³-hybridized carbons (Fsp3) is 0.292. The van der Waals surface area contributed by atoms with Gasteiger partial charge in [0, 0.05) is 38.6 Å². The zero-order valence-electron chi connectivity index (χ0n) is 21.9. The number of sulfonamides is 1. The van der Waals surface area contributed by atoms with Gasteiger partial charge in [-0.25, -0.2) is 28.4 Å². The number of hydrogen-bond acceptors (Lipinski definition) is 12. The van der Waals surface area contributed by atoms with Crippen LogP contribution in [-0.2, 0) is 21.4 Å². The van der Waals surface area contributed by atoms with Crippen LogP contribution >= 0.6 is 0 Å². The average Bonchev–Trinajstić information content (AvgIpc) is 2.97. The number of nitrogens with zero attached hydrogens (tertiary/aromatic N) is 8. The highest BCUT2D eigenvalue weighted by molar-refractivity contribution is 7.89. The van der Waals surface area contributed by atoms with E-state index in [9.17, 15) is 31.5 Å². The smallest absolute Gasteiger partial charge is 0.480 e. The minimum absolute atomic E-state index is 0.101. The number of aryl methyl sites for hydroxylation is 1. The molecular weight excluding hydrogens is 583 g/mol. The van der Waals surface area contributed by atoms with Crippen molar-refractivity contribution in [3.05, 3.63) is 66.8 Å². The normalized spacial score (nSPS) is 16.0. The Morgan fingerprint density at radius 3 is 2.43 bits per heavy atom. The Labute approximate surface area is 237 Å². The number of ether oxygens (including phenoxy) is 1. The van der Waals surface area contributed by atoms with Crippen LogP contribution in [0.1, 0.15) is 11.4 Å². The third kappa shape index (κ3) is 7.39. The molecule has 4 heterocycles. The minimum atomic E-state index is -4.93. The van der Waals surface area contributed by atoms with Gasteiger partial charge in [0.05, 0.1) is 28.7 Å². The molecule has 42 heavy (non-hydrogen) atoms. The molecule has 3 aromatic heterocycles. The van der Waals surface area contributed by atoms with E-state index < -0.39 is 34.1 Å². The Balaban J connectivity index is 0.000000385. The van der Waals surface area contributed by atoms with E-state index in [-0.39, 0.29) is 24.5 Å². The predicted molar refractivity (Wildman–Crippen MR) is 140 cm³/mol. The van der Waals surface area contributed by atoms with E-state index in [1.54, 1.807) is 17.3 Å². The zero-order valence-corrected chi connectivity index (χ0v) is 22.7. The van der Waals surface area contributed by atoms with Gasteiger partial charge in [0.25, 0.3) is 0 Å². The fourth-order valence-electron chi connectivity index (χ4n) is 3.85. The highest BCUT2D eigenvalue weighted by Crippen LogP contribution is 2.28. The number of hydrogen-bond donors (Lipinski definition) is 2. The Hall–Kier alpha value is -4.55. The maximum Gasteiger partial charge on any atom is 0.573 e. The Morgan fingerprint density at radius 2 is 1.81 bits per heavy atom. The molecule has 1 aliphatic heterocycles. The van der Waals surface area contributed by atoms with E-state index in [4.69, 9.17) is 5.73 Å². The summed E-state index contributed by atoms with van der Waals surface area (Å²) in [4.78, 5) is 37.5. The van der Waals surface area contributed by atoms with Crippen molar-refractivity contribution in [2.45, 2.75) is 30.8 Å². The first-order valence-corrected chi connectivity index (χ1v) is 13.6. The molecule has 222 valence electrons. The SMILES string of the molecule is Cc1cnc(CN)cn1.O=C(O)[C@H]1CN(c2cnc3cncnc3n2)CCN1S(=O)(=O)c1ccc(OC(F)(F)F)cc1. The molecule has 1 aliphatic rings. The zero-order chi connectivity index (χ0) is 30.5. The second kappa shape index (κ2) is 12.5. The number of nitrogens with two attached hydrogens (primary N) is 1. The maximum atomic E-state index is 13.1. The summed E-state index contributed by atoms with van der Waals surface area (Å²) in [7, 11) is -4.32. The number of halogens is 3. The van der Waals surface area contributed by atoms with Crippen molar-refractivity contribution in [1.82, 2.24) is 34.2 Å². The molecule has 1 fully saturated rings. The third-order valence-electron chi connectivity index (χ3n) is 5.86. The maximum absolute atomic E-state index is 13.1. The van der Waals surface area contributed by atoms with Gasteiger partial charge in [-0.1, -0.05) is 0 Å². The molecule has 0 amide bonds. The van der Waals surface area contributed by atoms with Gasteiger partial charge in [0.15, 0.2) is 5.65 Å². The van der Waals surface area contributed by atoms with Crippen molar-refractivity contribution in [2.24, 2.45) is 5.73 Å². The van der Waals surface area contributed by atoms with Gasteiger partial charge < -0.3 is 20.5 Å². The number of rotatable bonds is 6. The molecular formula is C24H24F3N9O5S. The number of piperazine rings is 1. The minimum Gasteiger partial charge on any atom is -0.480 e. The number of alkyl halides is 3. The van der Waals surface area contributed by atoms with Crippen LogP contribution in [0.3, 0.4) is 0 Å². The van der Waals surface area contributed by atoms with Gasteiger partial charge in [-0.05, 0) is 31.2 Å². The molecule has 0 unspecified atom stereocenters. The topological polar surface area (TPSA) is 191 Å². The molecule has 1 atom stereocenters. The van der Waals surface area contributed by atoms with E-state index in [1.807, 2.05) is 6.92 Å². The molecule has 0 aliphatic carbocycles. The number of fused-ring (bicyclic) bond motifs is 1. The summed E-state index contributed by atoms with van der Waals surface area (Å²) in [6.45, 7) is 2.03. The number of carboxylic acids is 1. The van der Waals surface area contributed by atoms with Crippen LogP contribution in [0.4, 0.5) is 19.0 Å². The first-order valence-electron chi connectivity index (χ1n) is 12.1. The van der Waals surface area contributed by atoms with Crippen molar-refractivity contribution in [2.75, 3.05) is 24.5 Å². The fourth-order valence-corrected chi connectivity index (χ4v) is 5.41. The molecule has 0 bridgehead atoms. The summed E-state index contributed by atoms with van der Waals surface area (Å²) in [6.07, 6.45) is 2.64. The highest BCUT2D eigenvalue weighted by atomic mass is 32.2. The first-order chi connectivity index (χ1) is 19.9. The number of carbonyl (C=O) groups is 1. The van der Waals surface area contributed by atoms with Crippen molar-refractivity contribution in [1.29, 1.82) is 0 Å². The summed E-state index contributed by atoms with van der Waals surface area (Å²) in [6, 6.07) is 2.07.